The van der Waals surface area contributed by atoms with Crippen molar-refractivity contribution in [3.63, 3.8) is 0 Å². The Morgan fingerprint density at radius 3 is 2.33 bits per heavy atom. The Kier molecular flexibility index (Phi) is 3.91. The van der Waals surface area contributed by atoms with Crippen LogP contribution in [0, 0.1) is 0 Å². The molecule has 1 aromatic heterocycles. The Morgan fingerprint density at radius 1 is 0.778 bits per heavy atom. The molecule has 2 heterocycles. The van der Waals surface area contributed by atoms with E-state index in [2.05, 4.69) is 17.0 Å². The first-order chi connectivity index (χ1) is 13.3. The molecule has 0 saturated carbocycles. The van der Waals surface area contributed by atoms with Gasteiger partial charge in [-0.05, 0) is 17.0 Å². The van der Waals surface area contributed by atoms with Gasteiger partial charge >= 0.3 is 5.63 Å². The number of anilines is 1. The molecule has 1 aliphatic heterocycles. The topological polar surface area (TPSA) is 42.7 Å². The third-order valence-electron chi connectivity index (χ3n) is 5.16. The summed E-state index contributed by atoms with van der Waals surface area (Å²) >= 11 is 0. The van der Waals surface area contributed by atoms with Crippen LogP contribution >= 0.6 is 0 Å². The smallest absolute Gasteiger partial charge is 0.346 e. The van der Waals surface area contributed by atoms with E-state index in [9.17, 15) is 4.79 Å². The fraction of sp³-hybridized carbons (Fsp3) is 0.174. The van der Waals surface area contributed by atoms with E-state index in [-0.39, 0.29) is 5.63 Å². The van der Waals surface area contributed by atoms with Crippen LogP contribution in [0.2, 0.25) is 0 Å². The van der Waals surface area contributed by atoms with Crippen molar-refractivity contribution in [3.8, 4) is 11.1 Å². The second kappa shape index (κ2) is 6.56. The van der Waals surface area contributed by atoms with Gasteiger partial charge in [0.1, 0.15) is 5.58 Å². The van der Waals surface area contributed by atoms with Crippen molar-refractivity contribution in [2.75, 3.05) is 31.2 Å². The predicted molar refractivity (Wildman–Crippen MR) is 108 cm³/mol. The number of rotatable bonds is 2. The minimum Gasteiger partial charge on any atom is -0.421 e. The fourth-order valence-corrected chi connectivity index (χ4v) is 3.89. The third-order valence-corrected chi connectivity index (χ3v) is 5.16. The molecule has 5 rings (SSSR count). The van der Waals surface area contributed by atoms with Crippen LogP contribution in [-0.2, 0) is 4.74 Å². The van der Waals surface area contributed by atoms with Gasteiger partial charge in [-0.1, -0.05) is 60.7 Å². The molecular weight excluding hydrogens is 338 g/mol. The van der Waals surface area contributed by atoms with Gasteiger partial charge in [0.2, 0.25) is 0 Å². The molecule has 1 aliphatic rings. The van der Waals surface area contributed by atoms with E-state index in [0.29, 0.717) is 24.4 Å². The molecule has 3 aromatic carbocycles. The minimum absolute atomic E-state index is 0.299. The number of hydrogen-bond donors (Lipinski definition) is 0. The van der Waals surface area contributed by atoms with Gasteiger partial charge in [-0.3, -0.25) is 0 Å². The molecule has 4 aromatic rings. The first kappa shape index (κ1) is 16.1. The predicted octanol–water partition coefficient (Wildman–Crippen LogP) is 4.45. The monoisotopic (exact) mass is 357 g/mol. The molecular formula is C23H19NO3. The summed E-state index contributed by atoms with van der Waals surface area (Å²) in [5.74, 6) is 0. The first-order valence-corrected chi connectivity index (χ1v) is 9.19. The summed E-state index contributed by atoms with van der Waals surface area (Å²) in [7, 11) is 0. The maximum Gasteiger partial charge on any atom is 0.346 e. The Bertz CT molecular complexity index is 1170. The normalized spacial score (nSPS) is 14.7. The highest BCUT2D eigenvalue weighted by Crippen LogP contribution is 2.38. The number of benzene rings is 3. The van der Waals surface area contributed by atoms with Crippen molar-refractivity contribution in [1.82, 2.24) is 0 Å². The maximum atomic E-state index is 13.1. The van der Waals surface area contributed by atoms with Crippen molar-refractivity contribution in [1.29, 1.82) is 0 Å². The Hall–Kier alpha value is -3.11. The SMILES string of the molecule is O=c1oc2c(ccc3ccccc32)c(N2CCOCC2)c1-c1ccccc1. The molecule has 0 atom stereocenters. The highest BCUT2D eigenvalue weighted by atomic mass is 16.5. The summed E-state index contributed by atoms with van der Waals surface area (Å²) < 4.78 is 11.4. The van der Waals surface area contributed by atoms with E-state index in [0.717, 1.165) is 40.5 Å². The second-order valence-corrected chi connectivity index (χ2v) is 6.74. The third kappa shape index (κ3) is 2.69. The fourth-order valence-electron chi connectivity index (χ4n) is 3.89. The van der Waals surface area contributed by atoms with Crippen LogP contribution in [0.25, 0.3) is 32.9 Å². The molecule has 0 radical (unpaired) electrons. The lowest BCUT2D eigenvalue weighted by atomic mass is 9.99. The van der Waals surface area contributed by atoms with Crippen LogP contribution in [0.4, 0.5) is 5.69 Å². The molecule has 4 heteroatoms. The lowest BCUT2D eigenvalue weighted by molar-refractivity contribution is 0.123. The van der Waals surface area contributed by atoms with Crippen molar-refractivity contribution in [3.05, 3.63) is 77.2 Å². The molecule has 1 fully saturated rings. The lowest BCUT2D eigenvalue weighted by Crippen LogP contribution is -2.37. The van der Waals surface area contributed by atoms with Gasteiger partial charge in [0.25, 0.3) is 0 Å². The summed E-state index contributed by atoms with van der Waals surface area (Å²) in [6, 6.07) is 21.9. The molecule has 1 saturated heterocycles. The van der Waals surface area contributed by atoms with E-state index in [4.69, 9.17) is 9.15 Å². The highest BCUT2D eigenvalue weighted by molar-refractivity contribution is 6.10. The summed E-state index contributed by atoms with van der Waals surface area (Å²) in [6.45, 7) is 2.82. The van der Waals surface area contributed by atoms with Crippen LogP contribution in [0.15, 0.2) is 75.9 Å². The number of hydrogen-bond acceptors (Lipinski definition) is 4. The molecule has 134 valence electrons. The molecule has 0 spiro atoms. The van der Waals surface area contributed by atoms with E-state index < -0.39 is 0 Å². The molecule has 27 heavy (non-hydrogen) atoms. The standard InChI is InChI=1S/C23H19NO3/c25-23-20(17-7-2-1-3-8-17)21(24-12-14-26-15-13-24)19-11-10-16-6-4-5-9-18(16)22(19)27-23/h1-11H,12-15H2. The Morgan fingerprint density at radius 2 is 1.52 bits per heavy atom. The van der Waals surface area contributed by atoms with Crippen LogP contribution in [0.3, 0.4) is 0 Å². The van der Waals surface area contributed by atoms with Gasteiger partial charge in [0.05, 0.1) is 24.5 Å². The highest BCUT2D eigenvalue weighted by Gasteiger charge is 2.23. The van der Waals surface area contributed by atoms with Gasteiger partial charge < -0.3 is 14.1 Å². The van der Waals surface area contributed by atoms with E-state index in [1.807, 2.05) is 54.6 Å². The zero-order chi connectivity index (χ0) is 18.2. The van der Waals surface area contributed by atoms with Crippen molar-refractivity contribution >= 4 is 27.4 Å². The molecule has 0 aliphatic carbocycles. The summed E-state index contributed by atoms with van der Waals surface area (Å²) in [6.07, 6.45) is 0. The van der Waals surface area contributed by atoms with Gasteiger partial charge in [-0.25, -0.2) is 4.79 Å². The van der Waals surface area contributed by atoms with Crippen LogP contribution in [-0.4, -0.2) is 26.3 Å². The van der Waals surface area contributed by atoms with Gasteiger partial charge in [0, 0.05) is 23.9 Å². The average Bonchev–Trinajstić information content (AvgIpc) is 2.74. The average molecular weight is 357 g/mol. The van der Waals surface area contributed by atoms with Gasteiger partial charge in [-0.15, -0.1) is 0 Å². The van der Waals surface area contributed by atoms with Crippen LogP contribution in [0.5, 0.6) is 0 Å². The van der Waals surface area contributed by atoms with Crippen molar-refractivity contribution in [2.45, 2.75) is 0 Å². The number of ether oxygens (including phenoxy) is 1. The zero-order valence-electron chi connectivity index (χ0n) is 14.9. The summed E-state index contributed by atoms with van der Waals surface area (Å²) in [5, 5.41) is 2.99. The summed E-state index contributed by atoms with van der Waals surface area (Å²) in [5.41, 5.74) is 2.80. The molecule has 0 unspecified atom stereocenters. The molecule has 0 bridgehead atoms. The largest absolute Gasteiger partial charge is 0.421 e. The van der Waals surface area contributed by atoms with Crippen molar-refractivity contribution in [2.24, 2.45) is 0 Å². The Labute approximate surface area is 156 Å². The quantitative estimate of drug-likeness (QED) is 0.393. The van der Waals surface area contributed by atoms with Crippen molar-refractivity contribution < 1.29 is 9.15 Å². The van der Waals surface area contributed by atoms with E-state index in [1.54, 1.807) is 0 Å². The summed E-state index contributed by atoms with van der Waals surface area (Å²) in [4.78, 5) is 15.4. The number of fused-ring (bicyclic) bond motifs is 3. The number of nitrogens with zero attached hydrogens (tertiary/aromatic N) is 1. The minimum atomic E-state index is -0.299. The van der Waals surface area contributed by atoms with E-state index >= 15 is 0 Å². The first-order valence-electron chi connectivity index (χ1n) is 9.19. The second-order valence-electron chi connectivity index (χ2n) is 6.74. The van der Waals surface area contributed by atoms with E-state index in [1.165, 1.54) is 0 Å². The molecule has 4 nitrogen and oxygen atoms in total. The number of morpholine rings is 1. The lowest BCUT2D eigenvalue weighted by Gasteiger charge is -2.31. The van der Waals surface area contributed by atoms with Crippen LogP contribution < -0.4 is 10.5 Å². The van der Waals surface area contributed by atoms with Crippen LogP contribution in [0.1, 0.15) is 0 Å². The molecule has 0 N–H and O–H groups in total. The van der Waals surface area contributed by atoms with Gasteiger partial charge in [0.15, 0.2) is 0 Å². The molecule has 0 amide bonds. The zero-order valence-corrected chi connectivity index (χ0v) is 14.9. The maximum absolute atomic E-state index is 13.1. The van der Waals surface area contributed by atoms with Gasteiger partial charge in [-0.2, -0.15) is 0 Å². The Balaban J connectivity index is 1.90.